The Morgan fingerprint density at radius 1 is 1.42 bits per heavy atom. The maximum Gasteiger partial charge on any atom is 0.379 e. The zero-order chi connectivity index (χ0) is 14.0. The van der Waals surface area contributed by atoms with Gasteiger partial charge in [-0.2, -0.15) is 0 Å². The molecule has 0 aliphatic rings. The van der Waals surface area contributed by atoms with E-state index in [0.717, 1.165) is 11.0 Å². The number of allylic oxidation sites excluding steroid dienone is 2. The van der Waals surface area contributed by atoms with Crippen LogP contribution in [-0.4, -0.2) is 12.2 Å². The van der Waals surface area contributed by atoms with Crippen molar-refractivity contribution in [2.45, 2.75) is 20.3 Å². The van der Waals surface area contributed by atoms with Crippen molar-refractivity contribution < 1.29 is 14.3 Å². The van der Waals surface area contributed by atoms with E-state index in [1.54, 1.807) is 18.2 Å². The number of hydrogen-bond donors (Lipinski definition) is 1. The van der Waals surface area contributed by atoms with Gasteiger partial charge in [0.2, 0.25) is 5.75 Å². The summed E-state index contributed by atoms with van der Waals surface area (Å²) in [5, 5.41) is 10.6. The van der Waals surface area contributed by atoms with Crippen LogP contribution in [0, 0.1) is 0 Å². The third-order valence-corrected chi connectivity index (χ3v) is 2.88. The topological polar surface area (TPSA) is 59.7 Å². The highest BCUT2D eigenvalue weighted by atomic mass is 16.5. The molecule has 0 aliphatic carbocycles. The molecule has 1 aromatic carbocycles. The summed E-state index contributed by atoms with van der Waals surface area (Å²) in [5.41, 5.74) is 1.60. The van der Waals surface area contributed by atoms with E-state index in [1.165, 1.54) is 7.11 Å². The fraction of sp³-hybridized carbons (Fsp3) is 0.267. The highest BCUT2D eigenvalue weighted by Gasteiger charge is 2.12. The zero-order valence-corrected chi connectivity index (χ0v) is 11.2. The fourth-order valence-electron chi connectivity index (χ4n) is 1.86. The number of ether oxygens (including phenoxy) is 1. The van der Waals surface area contributed by atoms with E-state index in [2.05, 4.69) is 0 Å². The molecule has 4 nitrogen and oxygen atoms in total. The van der Waals surface area contributed by atoms with Crippen LogP contribution in [0.3, 0.4) is 0 Å². The first kappa shape index (κ1) is 13.2. The van der Waals surface area contributed by atoms with Gasteiger partial charge in [-0.3, -0.25) is 0 Å². The van der Waals surface area contributed by atoms with Crippen LogP contribution in [0.25, 0.3) is 11.0 Å². The van der Waals surface area contributed by atoms with E-state index in [-0.39, 0.29) is 11.5 Å². The summed E-state index contributed by atoms with van der Waals surface area (Å²) < 4.78 is 10.2. The summed E-state index contributed by atoms with van der Waals surface area (Å²) in [6, 6.07) is 4.91. The van der Waals surface area contributed by atoms with E-state index in [1.807, 2.05) is 19.9 Å². The Labute approximate surface area is 110 Å². The van der Waals surface area contributed by atoms with E-state index < -0.39 is 5.63 Å². The predicted molar refractivity (Wildman–Crippen MR) is 73.8 cm³/mol. The molecule has 0 amide bonds. The van der Waals surface area contributed by atoms with Gasteiger partial charge in [0.05, 0.1) is 7.11 Å². The Hall–Kier alpha value is -2.23. The minimum absolute atomic E-state index is 0.123. The molecule has 100 valence electrons. The molecule has 0 bridgehead atoms. The van der Waals surface area contributed by atoms with Crippen LogP contribution in [0.1, 0.15) is 19.4 Å². The Kier molecular flexibility index (Phi) is 3.60. The molecule has 2 rings (SSSR count). The van der Waals surface area contributed by atoms with Crippen molar-refractivity contribution in [3.05, 3.63) is 45.8 Å². The summed E-state index contributed by atoms with van der Waals surface area (Å²) in [6.07, 6.45) is 2.49. The molecule has 19 heavy (non-hydrogen) atoms. The van der Waals surface area contributed by atoms with Crippen LogP contribution in [0.5, 0.6) is 11.5 Å². The lowest BCUT2D eigenvalue weighted by Crippen LogP contribution is -2.04. The number of phenolic OH excluding ortho intramolecular Hbond substituents is 1. The van der Waals surface area contributed by atoms with Crippen LogP contribution in [-0.2, 0) is 6.42 Å². The van der Waals surface area contributed by atoms with Gasteiger partial charge < -0.3 is 14.3 Å². The first-order chi connectivity index (χ1) is 9.02. The quantitative estimate of drug-likeness (QED) is 0.680. The molecule has 0 saturated carbocycles. The van der Waals surface area contributed by atoms with Crippen LogP contribution in [0.2, 0.25) is 0 Å². The summed E-state index contributed by atoms with van der Waals surface area (Å²) in [5.74, 6) is 0.282. The average molecular weight is 260 g/mol. The van der Waals surface area contributed by atoms with Gasteiger partial charge in [-0.05, 0) is 38.5 Å². The highest BCUT2D eigenvalue weighted by Crippen LogP contribution is 2.28. The summed E-state index contributed by atoms with van der Waals surface area (Å²) in [7, 11) is 1.42. The molecule has 2 aromatic rings. The maximum absolute atomic E-state index is 11.7. The van der Waals surface area contributed by atoms with Crippen molar-refractivity contribution in [3.63, 3.8) is 0 Å². The summed E-state index contributed by atoms with van der Waals surface area (Å²) in [4.78, 5) is 11.7. The minimum atomic E-state index is -0.543. The van der Waals surface area contributed by atoms with E-state index in [4.69, 9.17) is 9.15 Å². The molecule has 4 heteroatoms. The minimum Gasteiger partial charge on any atom is -0.508 e. The maximum atomic E-state index is 11.7. The van der Waals surface area contributed by atoms with Crippen molar-refractivity contribution in [1.82, 2.24) is 0 Å². The first-order valence-corrected chi connectivity index (χ1v) is 5.99. The van der Waals surface area contributed by atoms with Gasteiger partial charge in [0.15, 0.2) is 0 Å². The van der Waals surface area contributed by atoms with Gasteiger partial charge in [0.25, 0.3) is 0 Å². The smallest absolute Gasteiger partial charge is 0.379 e. The van der Waals surface area contributed by atoms with E-state index >= 15 is 0 Å². The monoisotopic (exact) mass is 260 g/mol. The Morgan fingerprint density at radius 3 is 2.79 bits per heavy atom. The lowest BCUT2D eigenvalue weighted by molar-refractivity contribution is 0.384. The number of phenols is 1. The second-order valence-corrected chi connectivity index (χ2v) is 4.57. The number of rotatable bonds is 3. The van der Waals surface area contributed by atoms with Crippen LogP contribution in [0.15, 0.2) is 39.1 Å². The molecule has 0 radical (unpaired) electrons. The van der Waals surface area contributed by atoms with Gasteiger partial charge in [-0.1, -0.05) is 11.6 Å². The van der Waals surface area contributed by atoms with Crippen molar-refractivity contribution in [3.8, 4) is 11.5 Å². The van der Waals surface area contributed by atoms with Crippen molar-refractivity contribution in [1.29, 1.82) is 0 Å². The van der Waals surface area contributed by atoms with Crippen molar-refractivity contribution in [2.24, 2.45) is 0 Å². The molecule has 1 heterocycles. The highest BCUT2D eigenvalue weighted by molar-refractivity contribution is 5.83. The van der Waals surface area contributed by atoms with E-state index in [0.29, 0.717) is 17.6 Å². The molecular formula is C15H16O4. The normalized spacial score (nSPS) is 10.5. The zero-order valence-electron chi connectivity index (χ0n) is 11.2. The summed E-state index contributed by atoms with van der Waals surface area (Å²) in [6.45, 7) is 3.95. The van der Waals surface area contributed by atoms with Crippen molar-refractivity contribution in [2.75, 3.05) is 7.11 Å². The molecule has 0 saturated heterocycles. The molecule has 0 aliphatic heterocycles. The Morgan fingerprint density at radius 2 is 2.16 bits per heavy atom. The Balaban J connectivity index is 2.68. The first-order valence-electron chi connectivity index (χ1n) is 5.99. The van der Waals surface area contributed by atoms with Crippen LogP contribution >= 0.6 is 0 Å². The fourth-order valence-corrected chi connectivity index (χ4v) is 1.86. The summed E-state index contributed by atoms with van der Waals surface area (Å²) >= 11 is 0. The number of aromatic hydroxyl groups is 1. The third kappa shape index (κ3) is 2.62. The lowest BCUT2D eigenvalue weighted by Gasteiger charge is -2.07. The number of benzene rings is 1. The SMILES string of the molecule is COc1cc2ccc(O)c(CC=C(C)C)c2oc1=O. The predicted octanol–water partition coefficient (Wildman–Crippen LogP) is 3.02. The Bertz CT molecular complexity index is 691. The number of methoxy groups -OCH3 is 1. The van der Waals surface area contributed by atoms with Crippen LogP contribution < -0.4 is 10.4 Å². The molecule has 0 atom stereocenters. The van der Waals surface area contributed by atoms with E-state index in [9.17, 15) is 9.90 Å². The largest absolute Gasteiger partial charge is 0.508 e. The number of fused-ring (bicyclic) bond motifs is 1. The lowest BCUT2D eigenvalue weighted by atomic mass is 10.1. The van der Waals surface area contributed by atoms with Gasteiger partial charge in [-0.25, -0.2) is 4.79 Å². The van der Waals surface area contributed by atoms with Crippen molar-refractivity contribution >= 4 is 11.0 Å². The molecule has 1 aromatic heterocycles. The second kappa shape index (κ2) is 5.18. The standard InChI is InChI=1S/C15H16O4/c1-9(2)4-6-11-12(16)7-5-10-8-13(18-3)15(17)19-14(10)11/h4-5,7-8,16H,6H2,1-3H3. The molecule has 0 spiro atoms. The van der Waals surface area contributed by atoms with Gasteiger partial charge in [0, 0.05) is 10.9 Å². The second-order valence-electron chi connectivity index (χ2n) is 4.57. The van der Waals surface area contributed by atoms with Gasteiger partial charge in [0.1, 0.15) is 11.3 Å². The molecule has 1 N–H and O–H groups in total. The molecule has 0 fully saturated rings. The third-order valence-electron chi connectivity index (χ3n) is 2.88. The average Bonchev–Trinajstić information content (AvgIpc) is 2.37. The van der Waals surface area contributed by atoms with Crippen LogP contribution in [0.4, 0.5) is 0 Å². The number of hydrogen-bond acceptors (Lipinski definition) is 4. The van der Waals surface area contributed by atoms with Gasteiger partial charge >= 0.3 is 5.63 Å². The van der Waals surface area contributed by atoms with Gasteiger partial charge in [-0.15, -0.1) is 0 Å². The molecular weight excluding hydrogens is 244 g/mol. The molecule has 0 unspecified atom stereocenters.